The molecule has 0 spiro atoms. The van der Waals surface area contributed by atoms with Crippen molar-refractivity contribution in [1.29, 1.82) is 0 Å². The van der Waals surface area contributed by atoms with Gasteiger partial charge in [-0.2, -0.15) is 0 Å². The van der Waals surface area contributed by atoms with Crippen LogP contribution in [0, 0.1) is 0 Å². The summed E-state index contributed by atoms with van der Waals surface area (Å²) in [4.78, 5) is 10.1. The zero-order valence-corrected chi connectivity index (χ0v) is 24.0. The number of hydrogen-bond donors (Lipinski definition) is 0. The van der Waals surface area contributed by atoms with Gasteiger partial charge >= 0.3 is 0 Å². The molecule has 0 N–H and O–H groups in total. The minimum atomic E-state index is 0.991. The van der Waals surface area contributed by atoms with Crippen molar-refractivity contribution in [1.82, 2.24) is 0 Å². The maximum atomic E-state index is 5.12. The van der Waals surface area contributed by atoms with Crippen molar-refractivity contribution in [3.8, 4) is 0 Å². The van der Waals surface area contributed by atoms with E-state index in [0.717, 1.165) is 49.2 Å². The monoisotopic (exact) mass is 488 g/mol. The fourth-order valence-corrected chi connectivity index (χ4v) is 4.96. The molecule has 0 amide bonds. The molecule has 2 heteroatoms. The second-order valence-electron chi connectivity index (χ2n) is 10.3. The fraction of sp³-hybridized carbons (Fsp3) is 0.588. The van der Waals surface area contributed by atoms with Crippen molar-refractivity contribution in [2.45, 2.75) is 131 Å². The number of nitrogens with zero attached hydrogens (tertiary/aromatic N) is 2. The molecule has 0 aliphatic heterocycles. The average Bonchev–Trinajstić information content (AvgIpc) is 2.88. The van der Waals surface area contributed by atoms with Crippen LogP contribution in [0.3, 0.4) is 0 Å². The number of hydrogen-bond acceptors (Lipinski definition) is 2. The Labute approximate surface area is 222 Å². The van der Waals surface area contributed by atoms with Gasteiger partial charge in [0.25, 0.3) is 0 Å². The summed E-state index contributed by atoms with van der Waals surface area (Å²) in [5.41, 5.74) is 9.13. The Hall–Kier alpha value is -2.22. The van der Waals surface area contributed by atoms with Crippen molar-refractivity contribution in [2.75, 3.05) is 0 Å². The Bertz CT molecular complexity index is 938. The Morgan fingerprint density at radius 3 is 1.64 bits per heavy atom. The minimum Gasteiger partial charge on any atom is -0.255 e. The quantitative estimate of drug-likeness (QED) is 0.147. The molecule has 2 aromatic carbocycles. The third-order valence-corrected chi connectivity index (χ3v) is 6.88. The summed E-state index contributed by atoms with van der Waals surface area (Å²) >= 11 is 0. The highest BCUT2D eigenvalue weighted by atomic mass is 14.8. The van der Waals surface area contributed by atoms with Crippen LogP contribution in [0.25, 0.3) is 0 Å². The van der Waals surface area contributed by atoms with Gasteiger partial charge in [0.15, 0.2) is 0 Å². The molecule has 0 bridgehead atoms. The summed E-state index contributed by atoms with van der Waals surface area (Å²) in [6.45, 7) is 11.3. The lowest BCUT2D eigenvalue weighted by Crippen LogP contribution is -2.01. The number of aryl methyl sites for hydroxylation is 4. The Kier molecular flexibility index (Phi) is 15.1. The lowest BCUT2D eigenvalue weighted by atomic mass is 9.99. The van der Waals surface area contributed by atoms with Gasteiger partial charge in [-0.1, -0.05) is 105 Å². The van der Waals surface area contributed by atoms with Crippen LogP contribution in [-0.4, -0.2) is 11.9 Å². The van der Waals surface area contributed by atoms with Crippen molar-refractivity contribution in [3.05, 3.63) is 58.7 Å². The number of rotatable bonds is 18. The van der Waals surface area contributed by atoms with E-state index in [4.69, 9.17) is 9.98 Å². The van der Waals surface area contributed by atoms with Crippen LogP contribution in [0.4, 0.5) is 11.4 Å². The summed E-state index contributed by atoms with van der Waals surface area (Å²) < 4.78 is 0. The highest BCUT2D eigenvalue weighted by Crippen LogP contribution is 2.24. The van der Waals surface area contributed by atoms with E-state index in [0.29, 0.717) is 0 Å². The average molecular weight is 489 g/mol. The van der Waals surface area contributed by atoms with Crippen LogP contribution in [0.5, 0.6) is 0 Å². The molecular formula is C34H52N2. The molecule has 0 fully saturated rings. The molecule has 0 radical (unpaired) electrons. The molecular weight excluding hydrogens is 436 g/mol. The van der Waals surface area contributed by atoms with Crippen LogP contribution < -0.4 is 0 Å². The summed E-state index contributed by atoms with van der Waals surface area (Å²) in [7, 11) is 0. The highest BCUT2D eigenvalue weighted by Gasteiger charge is 2.06. The molecule has 0 atom stereocenters. The largest absolute Gasteiger partial charge is 0.255 e. The predicted molar refractivity (Wildman–Crippen MR) is 162 cm³/mol. The maximum absolute atomic E-state index is 5.12. The van der Waals surface area contributed by atoms with Crippen LogP contribution in [0.2, 0.25) is 0 Å². The molecule has 36 heavy (non-hydrogen) atoms. The van der Waals surface area contributed by atoms with Gasteiger partial charge in [0.2, 0.25) is 0 Å². The summed E-state index contributed by atoms with van der Waals surface area (Å²) in [5.74, 6) is 0. The second-order valence-corrected chi connectivity index (χ2v) is 10.3. The molecule has 0 heterocycles. The van der Waals surface area contributed by atoms with Crippen molar-refractivity contribution >= 4 is 23.3 Å². The first-order valence-electron chi connectivity index (χ1n) is 15.0. The third-order valence-electron chi connectivity index (χ3n) is 6.88. The first-order chi connectivity index (χ1) is 17.6. The van der Waals surface area contributed by atoms with Crippen molar-refractivity contribution < 1.29 is 0 Å². The lowest BCUT2D eigenvalue weighted by molar-refractivity contribution is 0.616. The SMILES string of the molecule is CCCCCCCCC(C=Nc1ccc(CCC)c(CCC)c1)=Nc1ccc(CCC)c(CCC)c1. The van der Waals surface area contributed by atoms with Gasteiger partial charge in [-0.25, -0.2) is 0 Å². The molecule has 198 valence electrons. The van der Waals surface area contributed by atoms with Gasteiger partial charge < -0.3 is 0 Å². The van der Waals surface area contributed by atoms with Crippen LogP contribution in [0.15, 0.2) is 46.4 Å². The Balaban J connectivity index is 2.27. The number of benzene rings is 2. The van der Waals surface area contributed by atoms with Gasteiger partial charge in [-0.05, 0) is 85.0 Å². The molecule has 0 aliphatic carbocycles. The molecule has 0 saturated heterocycles. The molecule has 0 saturated carbocycles. The summed E-state index contributed by atoms with van der Waals surface area (Å²) in [5, 5.41) is 0. The molecule has 0 unspecified atom stereocenters. The first kappa shape index (κ1) is 30.0. The van der Waals surface area contributed by atoms with Crippen LogP contribution in [-0.2, 0) is 25.7 Å². The van der Waals surface area contributed by atoms with Crippen LogP contribution in [0.1, 0.15) is 128 Å². The van der Waals surface area contributed by atoms with E-state index in [2.05, 4.69) is 71.0 Å². The van der Waals surface area contributed by atoms with E-state index in [9.17, 15) is 0 Å². The first-order valence-corrected chi connectivity index (χ1v) is 15.0. The molecule has 0 aromatic heterocycles. The normalized spacial score (nSPS) is 12.1. The minimum absolute atomic E-state index is 0.991. The van der Waals surface area contributed by atoms with E-state index < -0.39 is 0 Å². The van der Waals surface area contributed by atoms with Gasteiger partial charge in [0.05, 0.1) is 17.1 Å². The number of unbranched alkanes of at least 4 members (excludes halogenated alkanes) is 5. The Morgan fingerprint density at radius 1 is 0.556 bits per heavy atom. The fourth-order valence-electron chi connectivity index (χ4n) is 4.96. The van der Waals surface area contributed by atoms with E-state index in [-0.39, 0.29) is 0 Å². The van der Waals surface area contributed by atoms with Gasteiger partial charge in [0, 0.05) is 6.21 Å². The lowest BCUT2D eigenvalue weighted by Gasteiger charge is -2.10. The van der Waals surface area contributed by atoms with Gasteiger partial charge in [-0.3, -0.25) is 9.98 Å². The van der Waals surface area contributed by atoms with Crippen molar-refractivity contribution in [2.24, 2.45) is 9.98 Å². The van der Waals surface area contributed by atoms with Crippen molar-refractivity contribution in [3.63, 3.8) is 0 Å². The molecule has 2 rings (SSSR count). The number of aliphatic imine (C=N–C) groups is 2. The zero-order chi connectivity index (χ0) is 26.0. The van der Waals surface area contributed by atoms with Gasteiger partial charge in [0.1, 0.15) is 0 Å². The van der Waals surface area contributed by atoms with E-state index in [1.54, 1.807) is 0 Å². The third kappa shape index (κ3) is 10.8. The second kappa shape index (κ2) is 18.1. The smallest absolute Gasteiger partial charge is 0.0636 e. The van der Waals surface area contributed by atoms with E-state index in [1.165, 1.54) is 86.5 Å². The maximum Gasteiger partial charge on any atom is 0.0636 e. The summed E-state index contributed by atoms with van der Waals surface area (Å²) in [6.07, 6.45) is 20.1. The molecule has 2 nitrogen and oxygen atoms in total. The van der Waals surface area contributed by atoms with Gasteiger partial charge in [-0.15, -0.1) is 0 Å². The van der Waals surface area contributed by atoms with Crippen LogP contribution >= 0.6 is 0 Å². The topological polar surface area (TPSA) is 24.7 Å². The zero-order valence-electron chi connectivity index (χ0n) is 24.0. The highest BCUT2D eigenvalue weighted by molar-refractivity contribution is 6.31. The molecule has 0 aliphatic rings. The Morgan fingerprint density at radius 2 is 1.06 bits per heavy atom. The van der Waals surface area contributed by atoms with E-state index in [1.807, 2.05) is 6.21 Å². The standard InChI is InChI=1S/C34H52N2/c1-6-11-12-13-14-15-20-34(36-33-24-22-29(17-8-3)31(26-33)19-10-5)27-35-32-23-21-28(16-7-2)30(25-32)18-9-4/h21-27H,6-20H2,1-5H3. The summed E-state index contributed by atoms with van der Waals surface area (Å²) in [6, 6.07) is 13.6. The van der Waals surface area contributed by atoms with E-state index >= 15 is 0 Å². The predicted octanol–water partition coefficient (Wildman–Crippen LogP) is 10.7. The molecule has 2 aromatic rings.